The Morgan fingerprint density at radius 1 is 1.62 bits per heavy atom. The highest BCUT2D eigenvalue weighted by atomic mass is 16.1. The van der Waals surface area contributed by atoms with Crippen LogP contribution in [-0.2, 0) is 4.79 Å². The predicted octanol–water partition coefficient (Wildman–Crippen LogP) is -0.0475. The van der Waals surface area contributed by atoms with Gasteiger partial charge in [-0.3, -0.25) is 9.79 Å². The number of ketones is 1. The first-order chi connectivity index (χ1) is 3.63. The number of carbonyl (C=O) groups excluding carboxylic acids is 1. The summed E-state index contributed by atoms with van der Waals surface area (Å²) in [6.07, 6.45) is 0. The van der Waals surface area contributed by atoms with Gasteiger partial charge in [-0.05, 0) is 13.8 Å². The lowest BCUT2D eigenvalue weighted by Gasteiger charge is -1.86. The predicted molar refractivity (Wildman–Crippen MR) is 32.8 cm³/mol. The zero-order chi connectivity index (χ0) is 6.57. The molecule has 0 fully saturated rings. The molecule has 0 aromatic rings. The van der Waals surface area contributed by atoms with Gasteiger partial charge in [-0.2, -0.15) is 0 Å². The number of aliphatic imine (C=N–C) groups is 1. The van der Waals surface area contributed by atoms with Crippen LogP contribution in [0.15, 0.2) is 4.99 Å². The molecule has 0 spiro atoms. The summed E-state index contributed by atoms with van der Waals surface area (Å²) in [6.45, 7) is 3.34. The van der Waals surface area contributed by atoms with E-state index in [4.69, 9.17) is 5.73 Å². The van der Waals surface area contributed by atoms with Crippen LogP contribution in [0.5, 0.6) is 0 Å². The first-order valence-corrected chi connectivity index (χ1v) is 2.39. The molecule has 0 rings (SSSR count). The van der Waals surface area contributed by atoms with Crippen molar-refractivity contribution in [3.8, 4) is 0 Å². The Balaban J connectivity index is 3.45. The largest absolute Gasteiger partial charge is 0.388 e. The summed E-state index contributed by atoms with van der Waals surface area (Å²) in [4.78, 5) is 13.9. The highest BCUT2D eigenvalue weighted by molar-refractivity contribution is 5.83. The second-order valence-corrected chi connectivity index (χ2v) is 1.66. The Kier molecular flexibility index (Phi) is 2.84. The molecule has 2 N–H and O–H groups in total. The molecule has 0 saturated heterocycles. The fourth-order valence-electron chi connectivity index (χ4n) is 0.236. The van der Waals surface area contributed by atoms with E-state index >= 15 is 0 Å². The Morgan fingerprint density at radius 2 is 2.12 bits per heavy atom. The van der Waals surface area contributed by atoms with Crippen molar-refractivity contribution in [3.05, 3.63) is 0 Å². The molecule has 0 aromatic carbocycles. The maximum atomic E-state index is 10.2. The van der Waals surface area contributed by atoms with Crippen LogP contribution in [0, 0.1) is 0 Å². The molecule has 0 heterocycles. The molecule has 0 aliphatic rings. The number of nitrogens with zero attached hydrogens (tertiary/aromatic N) is 1. The summed E-state index contributed by atoms with van der Waals surface area (Å²) in [5, 5.41) is 0. The molecule has 46 valence electrons. The van der Waals surface area contributed by atoms with Gasteiger partial charge >= 0.3 is 0 Å². The summed E-state index contributed by atoms with van der Waals surface area (Å²) in [5.74, 6) is 0.495. The molecule has 0 aliphatic carbocycles. The average Bonchev–Trinajstić information content (AvgIpc) is 1.61. The van der Waals surface area contributed by atoms with Crippen LogP contribution in [-0.4, -0.2) is 18.2 Å². The zero-order valence-corrected chi connectivity index (χ0v) is 5.14. The van der Waals surface area contributed by atoms with E-state index in [0.29, 0.717) is 5.84 Å². The molecular weight excluding hydrogens is 104 g/mol. The summed E-state index contributed by atoms with van der Waals surface area (Å²) in [6, 6.07) is 0. The minimum absolute atomic E-state index is 0.0369. The fraction of sp³-hybridized carbons (Fsp3) is 0.600. The van der Waals surface area contributed by atoms with E-state index in [1.807, 2.05) is 0 Å². The lowest BCUT2D eigenvalue weighted by Crippen LogP contribution is -2.08. The van der Waals surface area contributed by atoms with Crippen LogP contribution < -0.4 is 5.73 Å². The van der Waals surface area contributed by atoms with Crippen molar-refractivity contribution in [2.75, 3.05) is 6.54 Å². The van der Waals surface area contributed by atoms with E-state index in [1.165, 1.54) is 6.92 Å². The Bertz CT molecular complexity index is 114. The zero-order valence-electron chi connectivity index (χ0n) is 5.14. The SMILES string of the molecule is CC(=O)CN=C(C)N. The van der Waals surface area contributed by atoms with Gasteiger partial charge in [-0.15, -0.1) is 0 Å². The summed E-state index contributed by atoms with van der Waals surface area (Å²) in [7, 11) is 0. The molecule has 3 nitrogen and oxygen atoms in total. The number of Topliss-reactive ketones (excluding diaryl/α,β-unsaturated/α-hetero) is 1. The molecule has 0 saturated carbocycles. The highest BCUT2D eigenvalue weighted by Crippen LogP contribution is 1.71. The third kappa shape index (κ3) is 5.14. The fourth-order valence-corrected chi connectivity index (χ4v) is 0.236. The topological polar surface area (TPSA) is 55.5 Å². The minimum Gasteiger partial charge on any atom is -0.388 e. The molecule has 0 aromatic heterocycles. The lowest BCUT2D eigenvalue weighted by atomic mass is 10.4. The van der Waals surface area contributed by atoms with E-state index in [0.717, 1.165) is 0 Å². The molecule has 0 unspecified atom stereocenters. The van der Waals surface area contributed by atoms with Crippen LogP contribution in [0.25, 0.3) is 0 Å². The smallest absolute Gasteiger partial charge is 0.151 e. The second kappa shape index (κ2) is 3.18. The van der Waals surface area contributed by atoms with E-state index in [2.05, 4.69) is 4.99 Å². The van der Waals surface area contributed by atoms with Gasteiger partial charge in [0.1, 0.15) is 0 Å². The van der Waals surface area contributed by atoms with Gasteiger partial charge in [-0.1, -0.05) is 0 Å². The first-order valence-electron chi connectivity index (χ1n) is 2.39. The van der Waals surface area contributed by atoms with Crippen molar-refractivity contribution in [1.29, 1.82) is 0 Å². The number of hydrogen-bond acceptors (Lipinski definition) is 2. The Hall–Kier alpha value is -0.860. The maximum absolute atomic E-state index is 10.2. The maximum Gasteiger partial charge on any atom is 0.151 e. The molecular formula is C5H10N2O. The van der Waals surface area contributed by atoms with Gasteiger partial charge < -0.3 is 5.73 Å². The number of carbonyl (C=O) groups is 1. The van der Waals surface area contributed by atoms with Crippen LogP contribution >= 0.6 is 0 Å². The van der Waals surface area contributed by atoms with Crippen molar-refractivity contribution < 1.29 is 4.79 Å². The first kappa shape index (κ1) is 7.14. The number of rotatable bonds is 2. The molecule has 0 radical (unpaired) electrons. The van der Waals surface area contributed by atoms with Crippen molar-refractivity contribution in [3.63, 3.8) is 0 Å². The van der Waals surface area contributed by atoms with Crippen molar-refractivity contribution in [2.45, 2.75) is 13.8 Å². The van der Waals surface area contributed by atoms with Crippen LogP contribution in [0.1, 0.15) is 13.8 Å². The lowest BCUT2D eigenvalue weighted by molar-refractivity contribution is -0.115. The van der Waals surface area contributed by atoms with Crippen molar-refractivity contribution >= 4 is 11.6 Å². The van der Waals surface area contributed by atoms with Gasteiger partial charge in [0.2, 0.25) is 0 Å². The number of amidine groups is 1. The number of nitrogens with two attached hydrogens (primary N) is 1. The van der Waals surface area contributed by atoms with E-state index < -0.39 is 0 Å². The van der Waals surface area contributed by atoms with E-state index in [9.17, 15) is 4.79 Å². The quantitative estimate of drug-likeness (QED) is 0.404. The Morgan fingerprint density at radius 3 is 2.25 bits per heavy atom. The van der Waals surface area contributed by atoms with Crippen molar-refractivity contribution in [1.82, 2.24) is 0 Å². The van der Waals surface area contributed by atoms with Gasteiger partial charge in [0.05, 0.1) is 12.4 Å². The highest BCUT2D eigenvalue weighted by Gasteiger charge is 1.86. The Labute approximate surface area is 48.6 Å². The van der Waals surface area contributed by atoms with Gasteiger partial charge in [0.25, 0.3) is 0 Å². The third-order valence-electron chi connectivity index (χ3n) is 0.551. The van der Waals surface area contributed by atoms with E-state index in [1.54, 1.807) is 6.92 Å². The van der Waals surface area contributed by atoms with Gasteiger partial charge in [0.15, 0.2) is 5.78 Å². The van der Waals surface area contributed by atoms with Gasteiger partial charge in [0, 0.05) is 0 Å². The minimum atomic E-state index is 0.0369. The summed E-state index contributed by atoms with van der Waals surface area (Å²) >= 11 is 0. The number of hydrogen-bond donors (Lipinski definition) is 1. The molecule has 8 heavy (non-hydrogen) atoms. The molecule has 0 bridgehead atoms. The molecule has 0 aliphatic heterocycles. The third-order valence-corrected chi connectivity index (χ3v) is 0.551. The standard InChI is InChI=1S/C5H10N2O/c1-4(8)3-7-5(2)6/h3H2,1-2H3,(H2,6,7). The van der Waals surface area contributed by atoms with Crippen LogP contribution in [0.2, 0.25) is 0 Å². The summed E-state index contributed by atoms with van der Waals surface area (Å²) in [5.41, 5.74) is 5.14. The normalized spacial score (nSPS) is 11.5. The monoisotopic (exact) mass is 114 g/mol. The van der Waals surface area contributed by atoms with Crippen LogP contribution in [0.4, 0.5) is 0 Å². The summed E-state index contributed by atoms with van der Waals surface area (Å²) < 4.78 is 0. The van der Waals surface area contributed by atoms with E-state index in [-0.39, 0.29) is 12.3 Å². The average molecular weight is 114 g/mol. The van der Waals surface area contributed by atoms with Crippen LogP contribution in [0.3, 0.4) is 0 Å². The molecule has 3 heteroatoms. The molecule has 0 atom stereocenters. The second-order valence-electron chi connectivity index (χ2n) is 1.66. The van der Waals surface area contributed by atoms with Crippen molar-refractivity contribution in [2.24, 2.45) is 10.7 Å². The van der Waals surface area contributed by atoms with Gasteiger partial charge in [-0.25, -0.2) is 0 Å². The molecule has 0 amide bonds.